The van der Waals surface area contributed by atoms with E-state index in [0.29, 0.717) is 13.1 Å². The van der Waals surface area contributed by atoms with Crippen molar-refractivity contribution >= 4 is 5.91 Å². The summed E-state index contributed by atoms with van der Waals surface area (Å²) in [6, 6.07) is 0. The van der Waals surface area contributed by atoms with E-state index in [4.69, 9.17) is 0 Å². The van der Waals surface area contributed by atoms with E-state index >= 15 is 0 Å². The zero-order valence-corrected chi connectivity index (χ0v) is 9.29. The summed E-state index contributed by atoms with van der Waals surface area (Å²) < 4.78 is 0. The van der Waals surface area contributed by atoms with Crippen LogP contribution in [0.2, 0.25) is 0 Å². The maximum atomic E-state index is 11.7. The number of hydrogen-bond acceptors (Lipinski definition) is 2. The quantitative estimate of drug-likeness (QED) is 0.720. The molecule has 0 rings (SSSR count). The van der Waals surface area contributed by atoms with Gasteiger partial charge >= 0.3 is 0 Å². The molecule has 0 saturated carbocycles. The van der Waals surface area contributed by atoms with Gasteiger partial charge in [-0.05, 0) is 27.7 Å². The Balaban J connectivity index is 4.41. The van der Waals surface area contributed by atoms with E-state index in [2.05, 4.69) is 0 Å². The molecule has 0 spiro atoms. The Morgan fingerprint density at radius 2 is 1.77 bits per heavy atom. The van der Waals surface area contributed by atoms with Crippen molar-refractivity contribution in [2.24, 2.45) is 5.92 Å². The molecular weight excluding hydrogens is 166 g/mol. The van der Waals surface area contributed by atoms with E-state index in [1.54, 1.807) is 25.7 Å². The van der Waals surface area contributed by atoms with Crippen LogP contribution in [0.3, 0.4) is 0 Å². The lowest BCUT2D eigenvalue weighted by Gasteiger charge is -2.30. The molecule has 13 heavy (non-hydrogen) atoms. The molecule has 3 heteroatoms. The lowest BCUT2D eigenvalue weighted by molar-refractivity contribution is -0.141. The molecule has 1 N–H and O–H groups in total. The molecule has 1 amide bonds. The van der Waals surface area contributed by atoms with Gasteiger partial charge in [0, 0.05) is 13.1 Å². The molecule has 0 heterocycles. The van der Waals surface area contributed by atoms with E-state index in [0.717, 1.165) is 0 Å². The Morgan fingerprint density at radius 3 is 2.00 bits per heavy atom. The zero-order chi connectivity index (χ0) is 10.6. The predicted molar refractivity (Wildman–Crippen MR) is 53.4 cm³/mol. The zero-order valence-electron chi connectivity index (χ0n) is 9.29. The number of carbonyl (C=O) groups is 1. The van der Waals surface area contributed by atoms with Gasteiger partial charge in [-0.1, -0.05) is 6.92 Å². The van der Waals surface area contributed by atoms with Gasteiger partial charge in [0.1, 0.15) is 0 Å². The van der Waals surface area contributed by atoms with Gasteiger partial charge in [-0.15, -0.1) is 0 Å². The lowest BCUT2D eigenvalue weighted by Crippen LogP contribution is -2.43. The van der Waals surface area contributed by atoms with E-state index in [1.165, 1.54) is 0 Å². The number of rotatable bonds is 4. The normalized spacial score (nSPS) is 14.0. The number of nitrogens with zero attached hydrogens (tertiary/aromatic N) is 1. The van der Waals surface area contributed by atoms with E-state index in [1.807, 2.05) is 13.8 Å². The summed E-state index contributed by atoms with van der Waals surface area (Å²) in [5.74, 6) is -0.315. The second kappa shape index (κ2) is 4.61. The maximum absolute atomic E-state index is 11.7. The van der Waals surface area contributed by atoms with Crippen molar-refractivity contribution in [3.63, 3.8) is 0 Å². The van der Waals surface area contributed by atoms with Crippen LogP contribution in [-0.4, -0.2) is 34.6 Å². The fraction of sp³-hybridized carbons (Fsp3) is 0.900. The fourth-order valence-electron chi connectivity index (χ4n) is 1.11. The van der Waals surface area contributed by atoms with Gasteiger partial charge in [-0.3, -0.25) is 4.79 Å². The minimum atomic E-state index is -0.931. The molecule has 3 nitrogen and oxygen atoms in total. The molecule has 0 aromatic heterocycles. The second-order valence-corrected chi connectivity index (χ2v) is 3.89. The first-order valence-electron chi connectivity index (χ1n) is 4.85. The number of carbonyl (C=O) groups excluding carboxylic acids is 1. The molecule has 0 fully saturated rings. The van der Waals surface area contributed by atoms with Gasteiger partial charge < -0.3 is 10.0 Å². The fourth-order valence-corrected chi connectivity index (χ4v) is 1.11. The van der Waals surface area contributed by atoms with Crippen molar-refractivity contribution in [2.45, 2.75) is 40.2 Å². The smallest absolute Gasteiger partial charge is 0.228 e. The van der Waals surface area contributed by atoms with Crippen molar-refractivity contribution in [2.75, 3.05) is 13.1 Å². The van der Waals surface area contributed by atoms with Crippen LogP contribution in [0, 0.1) is 5.92 Å². The molecular formula is C10H21NO2. The highest BCUT2D eigenvalue weighted by Gasteiger charge is 2.30. The van der Waals surface area contributed by atoms with Crippen LogP contribution in [0.4, 0.5) is 0 Å². The maximum Gasteiger partial charge on any atom is 0.228 e. The highest BCUT2D eigenvalue weighted by Crippen LogP contribution is 2.18. The van der Waals surface area contributed by atoms with Gasteiger partial charge in [0.25, 0.3) is 0 Å². The molecule has 0 radical (unpaired) electrons. The van der Waals surface area contributed by atoms with Crippen LogP contribution in [0.1, 0.15) is 34.6 Å². The monoisotopic (exact) mass is 187 g/mol. The standard InChI is InChI=1S/C10H21NO2/c1-6-11(7-2)9(12)8(3)10(4,5)13/h8,13H,6-7H2,1-5H3. The van der Waals surface area contributed by atoms with Crippen LogP contribution >= 0.6 is 0 Å². The molecule has 0 aliphatic heterocycles. The summed E-state index contributed by atoms with van der Waals surface area (Å²) in [4.78, 5) is 13.5. The summed E-state index contributed by atoms with van der Waals surface area (Å²) in [5, 5.41) is 9.65. The molecule has 0 aliphatic rings. The van der Waals surface area contributed by atoms with Gasteiger partial charge in [-0.2, -0.15) is 0 Å². The highest BCUT2D eigenvalue weighted by molar-refractivity contribution is 5.79. The van der Waals surface area contributed by atoms with E-state index < -0.39 is 5.60 Å². The topological polar surface area (TPSA) is 40.5 Å². The lowest BCUT2D eigenvalue weighted by atomic mass is 9.91. The number of hydrogen-bond donors (Lipinski definition) is 1. The Kier molecular flexibility index (Phi) is 4.40. The van der Waals surface area contributed by atoms with Crippen molar-refractivity contribution in [3.8, 4) is 0 Å². The molecule has 0 aromatic rings. The summed E-state index contributed by atoms with van der Waals surface area (Å²) in [6.07, 6.45) is 0. The van der Waals surface area contributed by atoms with Crippen LogP contribution in [-0.2, 0) is 4.79 Å². The first kappa shape index (κ1) is 12.4. The van der Waals surface area contributed by atoms with Crippen LogP contribution in [0.25, 0.3) is 0 Å². The average Bonchev–Trinajstić information content (AvgIpc) is 2.03. The Bertz CT molecular complexity index is 168. The molecule has 78 valence electrons. The third-order valence-corrected chi connectivity index (χ3v) is 2.51. The molecule has 0 aromatic carbocycles. The van der Waals surface area contributed by atoms with E-state index in [-0.39, 0.29) is 11.8 Å². The second-order valence-electron chi connectivity index (χ2n) is 3.89. The van der Waals surface area contributed by atoms with Crippen molar-refractivity contribution in [1.29, 1.82) is 0 Å². The molecule has 1 atom stereocenters. The van der Waals surface area contributed by atoms with Gasteiger partial charge in [-0.25, -0.2) is 0 Å². The van der Waals surface area contributed by atoms with E-state index in [9.17, 15) is 9.90 Å². The molecule has 0 aliphatic carbocycles. The van der Waals surface area contributed by atoms with Gasteiger partial charge in [0.05, 0.1) is 11.5 Å². The first-order valence-corrected chi connectivity index (χ1v) is 4.85. The summed E-state index contributed by atoms with van der Waals surface area (Å²) >= 11 is 0. The Morgan fingerprint density at radius 1 is 1.38 bits per heavy atom. The van der Waals surface area contributed by atoms with Crippen LogP contribution < -0.4 is 0 Å². The minimum Gasteiger partial charge on any atom is -0.390 e. The Labute approximate surface area is 80.7 Å². The van der Waals surface area contributed by atoms with Crippen molar-refractivity contribution in [3.05, 3.63) is 0 Å². The SMILES string of the molecule is CCN(CC)C(=O)C(C)C(C)(C)O. The number of amides is 1. The van der Waals surface area contributed by atoms with Gasteiger partial charge in [0.2, 0.25) is 5.91 Å². The van der Waals surface area contributed by atoms with Crippen molar-refractivity contribution < 1.29 is 9.90 Å². The third-order valence-electron chi connectivity index (χ3n) is 2.51. The highest BCUT2D eigenvalue weighted by atomic mass is 16.3. The average molecular weight is 187 g/mol. The van der Waals surface area contributed by atoms with Gasteiger partial charge in [0.15, 0.2) is 0 Å². The summed E-state index contributed by atoms with van der Waals surface area (Å²) in [7, 11) is 0. The minimum absolute atomic E-state index is 0.0255. The summed E-state index contributed by atoms with van der Waals surface area (Å²) in [6.45, 7) is 10.4. The molecule has 0 bridgehead atoms. The summed E-state index contributed by atoms with van der Waals surface area (Å²) in [5.41, 5.74) is -0.931. The van der Waals surface area contributed by atoms with Crippen LogP contribution in [0.15, 0.2) is 0 Å². The number of aliphatic hydroxyl groups is 1. The van der Waals surface area contributed by atoms with Crippen LogP contribution in [0.5, 0.6) is 0 Å². The first-order chi connectivity index (χ1) is 5.84. The largest absolute Gasteiger partial charge is 0.390 e. The molecule has 1 unspecified atom stereocenters. The third kappa shape index (κ3) is 3.35. The predicted octanol–water partition coefficient (Wildman–Crippen LogP) is 1.26. The Hall–Kier alpha value is -0.570. The van der Waals surface area contributed by atoms with Crippen molar-refractivity contribution in [1.82, 2.24) is 4.90 Å². The molecule has 0 saturated heterocycles.